The van der Waals surface area contributed by atoms with Gasteiger partial charge in [0.15, 0.2) is 0 Å². The van der Waals surface area contributed by atoms with Crippen molar-refractivity contribution in [3.8, 4) is 6.07 Å². The molecule has 0 saturated carbocycles. The van der Waals surface area contributed by atoms with Crippen LogP contribution < -0.4 is 5.32 Å². The molecule has 2 aliphatic heterocycles. The van der Waals surface area contributed by atoms with E-state index in [4.69, 9.17) is 0 Å². The van der Waals surface area contributed by atoms with Crippen LogP contribution in [0.1, 0.15) is 40.1 Å². The number of hydrogen-bond acceptors (Lipinski definition) is 5. The lowest BCUT2D eigenvalue weighted by Gasteiger charge is -2.26. The molecule has 0 aliphatic carbocycles. The van der Waals surface area contributed by atoms with Gasteiger partial charge in [-0.05, 0) is 30.7 Å². The number of piperidine rings is 1. The number of rotatable bonds is 2. The molecule has 7 heteroatoms. The molecule has 0 unspecified atom stereocenters. The quantitative estimate of drug-likeness (QED) is 0.631. The fraction of sp³-hybridized carbons (Fsp3) is 0.238. The molecular formula is C21H18N4O2S. The van der Waals surface area contributed by atoms with Crippen molar-refractivity contribution in [3.63, 3.8) is 0 Å². The van der Waals surface area contributed by atoms with E-state index in [1.807, 2.05) is 29.6 Å². The molecule has 0 radical (unpaired) electrons. The van der Waals surface area contributed by atoms with Crippen molar-refractivity contribution in [2.75, 3.05) is 13.1 Å². The average molecular weight is 390 g/mol. The maximum atomic E-state index is 12.9. The van der Waals surface area contributed by atoms with Gasteiger partial charge in [0, 0.05) is 24.2 Å². The smallest absolute Gasteiger partial charge is 0.266 e. The van der Waals surface area contributed by atoms with Gasteiger partial charge in [-0.1, -0.05) is 30.3 Å². The van der Waals surface area contributed by atoms with Crippen LogP contribution in [0, 0.1) is 11.3 Å². The monoisotopic (exact) mass is 390 g/mol. The topological polar surface area (TPSA) is 85.6 Å². The molecule has 0 spiro atoms. The lowest BCUT2D eigenvalue weighted by atomic mass is 10.0. The number of thiophene rings is 1. The third-order valence-electron chi connectivity index (χ3n) is 4.84. The van der Waals surface area contributed by atoms with Crippen LogP contribution in [-0.2, 0) is 4.79 Å². The van der Waals surface area contributed by atoms with Gasteiger partial charge < -0.3 is 10.2 Å². The molecule has 0 atom stereocenters. The van der Waals surface area contributed by atoms with Crippen LogP contribution in [0.25, 0.3) is 5.70 Å². The summed E-state index contributed by atoms with van der Waals surface area (Å²) in [6.45, 7) is 1.31. The van der Waals surface area contributed by atoms with Crippen molar-refractivity contribution < 1.29 is 9.59 Å². The van der Waals surface area contributed by atoms with Crippen LogP contribution in [0.5, 0.6) is 0 Å². The standard InChI is InChI=1S/C21H18N4O2S/c22-13-16(21(27)25-10-4-1-5-11-25)18-14-7-2-3-8-15(14)19(23-18)24-20(26)17-9-6-12-28-17/h2-3,6-9,12H,1,4-5,10-11H2,(H,23,24,26)/b18-16-. The van der Waals surface area contributed by atoms with Crippen LogP contribution in [0.4, 0.5) is 0 Å². The summed E-state index contributed by atoms with van der Waals surface area (Å²) in [5.74, 6) is -0.185. The van der Waals surface area contributed by atoms with E-state index in [1.54, 1.807) is 17.0 Å². The summed E-state index contributed by atoms with van der Waals surface area (Å²) in [5.41, 5.74) is 1.75. The minimum atomic E-state index is -0.290. The van der Waals surface area contributed by atoms with Crippen LogP contribution in [0.15, 0.2) is 52.3 Å². The molecule has 1 aromatic carbocycles. The van der Waals surface area contributed by atoms with Gasteiger partial charge in [0.1, 0.15) is 17.5 Å². The average Bonchev–Trinajstić information content (AvgIpc) is 3.39. The Morgan fingerprint density at radius 2 is 1.82 bits per heavy atom. The van der Waals surface area contributed by atoms with E-state index in [1.165, 1.54) is 11.3 Å². The largest absolute Gasteiger partial charge is 0.338 e. The maximum absolute atomic E-state index is 12.9. The maximum Gasteiger partial charge on any atom is 0.266 e. The molecule has 2 aliphatic rings. The lowest BCUT2D eigenvalue weighted by molar-refractivity contribution is -0.127. The van der Waals surface area contributed by atoms with Crippen LogP contribution in [-0.4, -0.2) is 35.6 Å². The number of fused-ring (bicyclic) bond motifs is 1. The summed E-state index contributed by atoms with van der Waals surface area (Å²) < 4.78 is 0. The van der Waals surface area contributed by atoms with Crippen molar-refractivity contribution in [2.45, 2.75) is 19.3 Å². The molecule has 0 bridgehead atoms. The highest BCUT2D eigenvalue weighted by Crippen LogP contribution is 2.31. The lowest BCUT2D eigenvalue weighted by Crippen LogP contribution is -2.36. The Morgan fingerprint density at radius 1 is 1.07 bits per heavy atom. The zero-order chi connectivity index (χ0) is 19.5. The van der Waals surface area contributed by atoms with E-state index >= 15 is 0 Å². The second kappa shape index (κ2) is 7.79. The molecule has 6 nitrogen and oxygen atoms in total. The van der Waals surface area contributed by atoms with E-state index in [2.05, 4.69) is 16.4 Å². The molecule has 2 amide bonds. The van der Waals surface area contributed by atoms with Gasteiger partial charge in [-0.2, -0.15) is 5.26 Å². The fourth-order valence-corrected chi connectivity index (χ4v) is 4.07. The number of amidine groups is 1. The molecule has 3 heterocycles. The predicted octanol–water partition coefficient (Wildman–Crippen LogP) is 3.19. The summed E-state index contributed by atoms with van der Waals surface area (Å²) in [7, 11) is 0. The highest BCUT2D eigenvalue weighted by molar-refractivity contribution is 7.12. The Labute approximate surface area is 166 Å². The number of aliphatic imine (C=N–C) groups is 1. The van der Waals surface area contributed by atoms with E-state index < -0.39 is 0 Å². The first-order chi connectivity index (χ1) is 13.7. The van der Waals surface area contributed by atoms with E-state index in [0.717, 1.165) is 19.3 Å². The van der Waals surface area contributed by atoms with Gasteiger partial charge in [-0.15, -0.1) is 11.3 Å². The number of nitrogens with one attached hydrogen (secondary N) is 1. The summed E-state index contributed by atoms with van der Waals surface area (Å²) in [4.78, 5) is 32.2. The highest BCUT2D eigenvalue weighted by atomic mass is 32.1. The molecule has 1 fully saturated rings. The Hall–Kier alpha value is -3.24. The van der Waals surface area contributed by atoms with Gasteiger partial charge in [0.25, 0.3) is 11.8 Å². The summed E-state index contributed by atoms with van der Waals surface area (Å²) in [6.07, 6.45) is 2.99. The molecule has 140 valence electrons. The molecule has 2 aromatic rings. The Bertz CT molecular complexity index is 1020. The number of carbonyl (C=O) groups is 2. The Kier molecular flexibility index (Phi) is 5.04. The molecule has 4 rings (SSSR count). The molecule has 28 heavy (non-hydrogen) atoms. The number of nitrogens with zero attached hydrogens (tertiary/aromatic N) is 3. The first-order valence-corrected chi connectivity index (χ1v) is 10.0. The zero-order valence-electron chi connectivity index (χ0n) is 15.1. The van der Waals surface area contributed by atoms with Crippen molar-refractivity contribution in [2.24, 2.45) is 4.99 Å². The summed E-state index contributed by atoms with van der Waals surface area (Å²) >= 11 is 1.34. The van der Waals surface area contributed by atoms with Crippen LogP contribution >= 0.6 is 11.3 Å². The van der Waals surface area contributed by atoms with Gasteiger partial charge in [0.05, 0.1) is 10.6 Å². The highest BCUT2D eigenvalue weighted by Gasteiger charge is 2.29. The first-order valence-electron chi connectivity index (χ1n) is 9.16. The van der Waals surface area contributed by atoms with E-state index in [0.29, 0.717) is 40.6 Å². The third kappa shape index (κ3) is 3.35. The predicted molar refractivity (Wildman–Crippen MR) is 108 cm³/mol. The normalized spacial score (nSPS) is 17.4. The molecule has 1 saturated heterocycles. The van der Waals surface area contributed by atoms with E-state index in [-0.39, 0.29) is 17.4 Å². The zero-order valence-corrected chi connectivity index (χ0v) is 16.0. The third-order valence-corrected chi connectivity index (χ3v) is 5.71. The Balaban J connectivity index is 1.72. The number of benzene rings is 1. The SMILES string of the molecule is N#C/C(C(=O)N1CCCCC1)=C1/N=C(NC(=O)c2cccs2)c2ccccc21. The first kappa shape index (κ1) is 18.1. The number of carbonyl (C=O) groups excluding carboxylic acids is 2. The minimum Gasteiger partial charge on any atom is -0.338 e. The number of amides is 2. The number of likely N-dealkylation sites (tertiary alicyclic amines) is 1. The summed E-state index contributed by atoms with van der Waals surface area (Å²) in [5, 5.41) is 14.4. The Morgan fingerprint density at radius 3 is 2.50 bits per heavy atom. The van der Waals surface area contributed by atoms with Crippen LogP contribution in [0.2, 0.25) is 0 Å². The molecular weight excluding hydrogens is 372 g/mol. The van der Waals surface area contributed by atoms with Gasteiger partial charge in [-0.25, -0.2) is 4.99 Å². The summed E-state index contributed by atoms with van der Waals surface area (Å²) in [6, 6.07) is 12.9. The minimum absolute atomic E-state index is 0.0229. The van der Waals surface area contributed by atoms with Crippen LogP contribution in [0.3, 0.4) is 0 Å². The van der Waals surface area contributed by atoms with E-state index in [9.17, 15) is 14.9 Å². The molecule has 1 N–H and O–H groups in total. The second-order valence-corrected chi connectivity index (χ2v) is 7.57. The van der Waals surface area contributed by atoms with Gasteiger partial charge in [-0.3, -0.25) is 9.59 Å². The fourth-order valence-electron chi connectivity index (χ4n) is 3.45. The second-order valence-electron chi connectivity index (χ2n) is 6.63. The van der Waals surface area contributed by atoms with Gasteiger partial charge >= 0.3 is 0 Å². The van der Waals surface area contributed by atoms with Crippen molar-refractivity contribution in [1.29, 1.82) is 5.26 Å². The number of hydrogen-bond donors (Lipinski definition) is 1. The van der Waals surface area contributed by atoms with Gasteiger partial charge in [0.2, 0.25) is 0 Å². The molecule has 1 aromatic heterocycles. The van der Waals surface area contributed by atoms with Crippen molar-refractivity contribution in [1.82, 2.24) is 10.2 Å². The van der Waals surface area contributed by atoms with Crippen molar-refractivity contribution >= 4 is 34.7 Å². The van der Waals surface area contributed by atoms with Crippen molar-refractivity contribution in [3.05, 3.63) is 63.4 Å². The number of nitriles is 1.